The molecule has 158 valence electrons. The molecule has 30 heavy (non-hydrogen) atoms. The molecular weight excluding hydrogens is 420 g/mol. The van der Waals surface area contributed by atoms with E-state index in [9.17, 15) is 4.79 Å². The number of anilines is 1. The Morgan fingerprint density at radius 3 is 2.70 bits per heavy atom. The lowest BCUT2D eigenvalue weighted by atomic mass is 10.1. The van der Waals surface area contributed by atoms with E-state index >= 15 is 0 Å². The average molecular weight is 445 g/mol. The zero-order valence-electron chi connectivity index (χ0n) is 17.5. The molecule has 0 aliphatic heterocycles. The summed E-state index contributed by atoms with van der Waals surface area (Å²) in [4.78, 5) is 12.4. The monoisotopic (exact) mass is 444 g/mol. The van der Waals surface area contributed by atoms with Gasteiger partial charge in [-0.1, -0.05) is 35.5 Å². The number of halogens is 1. The molecule has 0 aliphatic carbocycles. The summed E-state index contributed by atoms with van der Waals surface area (Å²) in [6.07, 6.45) is 0. The highest BCUT2D eigenvalue weighted by atomic mass is 35.5. The number of aryl methyl sites for hydroxylation is 2. The summed E-state index contributed by atoms with van der Waals surface area (Å²) in [6, 6.07) is 11.4. The minimum Gasteiger partial charge on any atom is -0.485 e. The smallest absolute Gasteiger partial charge is 0.234 e. The Balaban J connectivity index is 1.61. The topological polar surface area (TPSA) is 69.0 Å². The molecule has 0 spiro atoms. The number of nitrogens with one attached hydrogen (secondary N) is 1. The summed E-state index contributed by atoms with van der Waals surface area (Å²) >= 11 is 7.36. The molecule has 0 bridgehead atoms. The van der Waals surface area contributed by atoms with Gasteiger partial charge in [-0.05, 0) is 68.7 Å². The summed E-state index contributed by atoms with van der Waals surface area (Å²) in [7, 11) is 0. The van der Waals surface area contributed by atoms with Crippen molar-refractivity contribution in [3.8, 4) is 5.75 Å². The minimum atomic E-state index is -0.0751. The van der Waals surface area contributed by atoms with Crippen LogP contribution in [0, 0.1) is 20.8 Å². The number of rotatable bonds is 8. The third-order valence-electron chi connectivity index (χ3n) is 4.81. The second-order valence-electron chi connectivity index (χ2n) is 6.93. The molecule has 8 heteroatoms. The molecule has 3 rings (SSSR count). The van der Waals surface area contributed by atoms with E-state index in [-0.39, 0.29) is 11.7 Å². The highest BCUT2D eigenvalue weighted by Gasteiger charge is 2.15. The number of amides is 1. The van der Waals surface area contributed by atoms with Crippen molar-refractivity contribution in [2.75, 3.05) is 11.1 Å². The molecular formula is C22H25ClN4O2S. The standard InChI is InChI=1S/C22H25ClN4O2S/c1-5-27-20(12-29-19-10-9-17(23)11-15(19)3)25-26-22(27)30-13-21(28)24-18-8-6-7-14(2)16(18)4/h6-11H,5,12-13H2,1-4H3,(H,24,28). The molecule has 6 nitrogen and oxygen atoms in total. The van der Waals surface area contributed by atoms with Gasteiger partial charge in [-0.25, -0.2) is 0 Å². The van der Waals surface area contributed by atoms with Crippen molar-refractivity contribution in [2.45, 2.75) is 46.0 Å². The largest absolute Gasteiger partial charge is 0.485 e. The van der Waals surface area contributed by atoms with Crippen molar-refractivity contribution >= 4 is 35.0 Å². The second-order valence-corrected chi connectivity index (χ2v) is 8.30. The maximum atomic E-state index is 12.4. The Kier molecular flexibility index (Phi) is 7.39. The first-order valence-corrected chi connectivity index (χ1v) is 11.0. The van der Waals surface area contributed by atoms with Gasteiger partial charge in [0.25, 0.3) is 0 Å². The maximum absolute atomic E-state index is 12.4. The van der Waals surface area contributed by atoms with Gasteiger partial charge in [-0.3, -0.25) is 4.79 Å². The van der Waals surface area contributed by atoms with Crippen LogP contribution in [0.15, 0.2) is 41.6 Å². The van der Waals surface area contributed by atoms with Gasteiger partial charge in [0.2, 0.25) is 5.91 Å². The van der Waals surface area contributed by atoms with Gasteiger partial charge < -0.3 is 14.6 Å². The molecule has 0 aliphatic rings. The number of ether oxygens (including phenoxy) is 1. The highest BCUT2D eigenvalue weighted by molar-refractivity contribution is 7.99. The van der Waals surface area contributed by atoms with E-state index in [2.05, 4.69) is 15.5 Å². The number of hydrogen-bond donors (Lipinski definition) is 1. The van der Waals surface area contributed by atoms with Gasteiger partial charge in [0.1, 0.15) is 12.4 Å². The van der Waals surface area contributed by atoms with Crippen molar-refractivity contribution in [2.24, 2.45) is 0 Å². The van der Waals surface area contributed by atoms with E-state index in [1.165, 1.54) is 11.8 Å². The lowest BCUT2D eigenvalue weighted by molar-refractivity contribution is -0.113. The molecule has 0 saturated heterocycles. The van der Waals surface area contributed by atoms with Gasteiger partial charge in [0, 0.05) is 17.3 Å². The zero-order valence-corrected chi connectivity index (χ0v) is 19.1. The third kappa shape index (κ3) is 5.34. The van der Waals surface area contributed by atoms with Crippen LogP contribution in [0.4, 0.5) is 5.69 Å². The summed E-state index contributed by atoms with van der Waals surface area (Å²) in [5.74, 6) is 1.65. The number of carbonyl (C=O) groups excluding carboxylic acids is 1. The van der Waals surface area contributed by atoms with Gasteiger partial charge in [0.05, 0.1) is 5.75 Å². The van der Waals surface area contributed by atoms with Crippen LogP contribution in [0.5, 0.6) is 5.75 Å². The summed E-state index contributed by atoms with van der Waals surface area (Å²) in [5.41, 5.74) is 4.02. The van der Waals surface area contributed by atoms with Crippen LogP contribution in [-0.4, -0.2) is 26.4 Å². The van der Waals surface area contributed by atoms with E-state index in [1.807, 2.05) is 62.6 Å². The third-order valence-corrected chi connectivity index (χ3v) is 6.02. The molecule has 1 heterocycles. The number of carbonyl (C=O) groups is 1. The van der Waals surface area contributed by atoms with Crippen LogP contribution >= 0.6 is 23.4 Å². The van der Waals surface area contributed by atoms with E-state index in [0.717, 1.165) is 28.1 Å². The highest BCUT2D eigenvalue weighted by Crippen LogP contribution is 2.24. The SMILES string of the molecule is CCn1c(COc2ccc(Cl)cc2C)nnc1SCC(=O)Nc1cccc(C)c1C. The molecule has 0 atom stereocenters. The van der Waals surface area contributed by atoms with Gasteiger partial charge in [-0.2, -0.15) is 0 Å². The molecule has 0 fully saturated rings. The number of aromatic nitrogens is 3. The molecule has 3 aromatic rings. The van der Waals surface area contributed by atoms with Crippen LogP contribution in [0.1, 0.15) is 29.4 Å². The lowest BCUT2D eigenvalue weighted by Gasteiger charge is -2.11. The second kappa shape index (κ2) is 10.00. The Labute approximate surface area is 186 Å². The van der Waals surface area contributed by atoms with Gasteiger partial charge >= 0.3 is 0 Å². The fraction of sp³-hybridized carbons (Fsp3) is 0.318. The fourth-order valence-electron chi connectivity index (χ4n) is 2.97. The quantitative estimate of drug-likeness (QED) is 0.484. The summed E-state index contributed by atoms with van der Waals surface area (Å²) < 4.78 is 7.85. The van der Waals surface area contributed by atoms with Gasteiger partial charge in [-0.15, -0.1) is 10.2 Å². The lowest BCUT2D eigenvalue weighted by Crippen LogP contribution is -2.16. The van der Waals surface area contributed by atoms with E-state index in [4.69, 9.17) is 16.3 Å². The Bertz CT molecular complexity index is 1050. The molecule has 1 N–H and O–H groups in total. The van der Waals surface area contributed by atoms with Crippen molar-refractivity contribution in [3.05, 3.63) is 63.9 Å². The number of nitrogens with zero attached hydrogens (tertiary/aromatic N) is 3. The van der Waals surface area contributed by atoms with Crippen LogP contribution < -0.4 is 10.1 Å². The summed E-state index contributed by atoms with van der Waals surface area (Å²) in [5, 5.41) is 12.8. The molecule has 2 aromatic carbocycles. The Morgan fingerprint density at radius 2 is 1.97 bits per heavy atom. The predicted molar refractivity (Wildman–Crippen MR) is 121 cm³/mol. The number of benzene rings is 2. The van der Waals surface area contributed by atoms with Crippen LogP contribution in [0.3, 0.4) is 0 Å². The molecule has 1 amide bonds. The Hall–Kier alpha value is -2.51. The van der Waals surface area contributed by atoms with E-state index < -0.39 is 0 Å². The number of hydrogen-bond acceptors (Lipinski definition) is 5. The van der Waals surface area contributed by atoms with Crippen LogP contribution in [0.2, 0.25) is 5.02 Å². The van der Waals surface area contributed by atoms with Crippen molar-refractivity contribution < 1.29 is 9.53 Å². The van der Waals surface area contributed by atoms with Crippen molar-refractivity contribution in [3.63, 3.8) is 0 Å². The van der Waals surface area contributed by atoms with Crippen LogP contribution in [0.25, 0.3) is 0 Å². The maximum Gasteiger partial charge on any atom is 0.234 e. The molecule has 0 saturated carbocycles. The Morgan fingerprint density at radius 1 is 1.17 bits per heavy atom. The predicted octanol–water partition coefficient (Wildman–Crippen LogP) is 5.19. The normalized spacial score (nSPS) is 10.8. The minimum absolute atomic E-state index is 0.0751. The zero-order chi connectivity index (χ0) is 21.7. The summed E-state index contributed by atoms with van der Waals surface area (Å²) in [6.45, 7) is 8.96. The molecule has 0 radical (unpaired) electrons. The van der Waals surface area contributed by atoms with Crippen molar-refractivity contribution in [1.29, 1.82) is 0 Å². The average Bonchev–Trinajstić information content (AvgIpc) is 3.11. The first-order valence-electron chi connectivity index (χ1n) is 9.69. The van der Waals surface area contributed by atoms with E-state index in [0.29, 0.717) is 29.2 Å². The number of thioether (sulfide) groups is 1. The molecule has 1 aromatic heterocycles. The van der Waals surface area contributed by atoms with Crippen LogP contribution in [-0.2, 0) is 17.9 Å². The molecule has 0 unspecified atom stereocenters. The first-order chi connectivity index (χ1) is 14.4. The van der Waals surface area contributed by atoms with Crippen molar-refractivity contribution in [1.82, 2.24) is 14.8 Å². The van der Waals surface area contributed by atoms with Gasteiger partial charge in [0.15, 0.2) is 11.0 Å². The first kappa shape index (κ1) is 22.2. The fourth-order valence-corrected chi connectivity index (χ4v) is 4.02. The van der Waals surface area contributed by atoms with E-state index in [1.54, 1.807) is 6.07 Å².